The molecule has 22 heavy (non-hydrogen) atoms. The first-order chi connectivity index (χ1) is 10.7. The maximum Gasteiger partial charge on any atom is 0.101 e. The summed E-state index contributed by atoms with van der Waals surface area (Å²) >= 11 is 0. The molecule has 4 nitrogen and oxygen atoms in total. The van der Waals surface area contributed by atoms with E-state index in [2.05, 4.69) is 27.8 Å². The van der Waals surface area contributed by atoms with Crippen molar-refractivity contribution in [1.82, 2.24) is 14.8 Å². The van der Waals surface area contributed by atoms with Crippen LogP contribution in [0.3, 0.4) is 0 Å². The van der Waals surface area contributed by atoms with Gasteiger partial charge in [-0.1, -0.05) is 0 Å². The van der Waals surface area contributed by atoms with Gasteiger partial charge in [0.15, 0.2) is 0 Å². The van der Waals surface area contributed by atoms with Crippen LogP contribution in [0.25, 0.3) is 0 Å². The van der Waals surface area contributed by atoms with Crippen LogP contribution in [0.15, 0.2) is 6.07 Å². The number of aryl methyl sites for hydroxylation is 1. The molecule has 0 spiro atoms. The van der Waals surface area contributed by atoms with Crippen LogP contribution in [-0.4, -0.2) is 47.0 Å². The van der Waals surface area contributed by atoms with Gasteiger partial charge in [0.2, 0.25) is 0 Å². The number of likely N-dealkylation sites (tertiary alicyclic amines) is 2. The number of piperidine rings is 1. The number of aromatic nitrogens is 1. The van der Waals surface area contributed by atoms with Gasteiger partial charge in [-0.2, -0.15) is 5.26 Å². The second-order valence-electron chi connectivity index (χ2n) is 7.04. The van der Waals surface area contributed by atoms with Crippen molar-refractivity contribution in [3.05, 3.63) is 23.0 Å². The van der Waals surface area contributed by atoms with Gasteiger partial charge < -0.3 is 9.88 Å². The Balaban J connectivity index is 1.50. The minimum absolute atomic E-state index is 0.752. The van der Waals surface area contributed by atoms with Crippen molar-refractivity contribution in [2.45, 2.75) is 52.1 Å². The van der Waals surface area contributed by atoms with E-state index in [0.29, 0.717) is 0 Å². The summed E-state index contributed by atoms with van der Waals surface area (Å²) in [4.78, 5) is 8.56. The fourth-order valence-corrected chi connectivity index (χ4v) is 4.11. The molecule has 4 heteroatoms. The molecule has 0 amide bonds. The topological polar surface area (TPSA) is 46.1 Å². The molecule has 0 radical (unpaired) electrons. The van der Waals surface area contributed by atoms with Gasteiger partial charge in [-0.15, -0.1) is 0 Å². The zero-order chi connectivity index (χ0) is 15.5. The van der Waals surface area contributed by atoms with Crippen LogP contribution < -0.4 is 0 Å². The summed E-state index contributed by atoms with van der Waals surface area (Å²) < 4.78 is 0. The first kappa shape index (κ1) is 15.6. The molecular weight excluding hydrogens is 272 g/mol. The van der Waals surface area contributed by atoms with Crippen molar-refractivity contribution in [3.8, 4) is 6.07 Å². The van der Waals surface area contributed by atoms with Crippen LogP contribution in [0.1, 0.15) is 49.6 Å². The highest BCUT2D eigenvalue weighted by molar-refractivity contribution is 5.35. The zero-order valence-corrected chi connectivity index (χ0v) is 13.9. The number of rotatable bonds is 4. The minimum Gasteiger partial charge on any atom is -0.360 e. The quantitative estimate of drug-likeness (QED) is 0.930. The molecule has 0 bridgehead atoms. The lowest BCUT2D eigenvalue weighted by atomic mass is 9.89. The average Bonchev–Trinajstić information content (AvgIpc) is 3.17. The van der Waals surface area contributed by atoms with E-state index in [1.165, 1.54) is 57.6 Å². The lowest BCUT2D eigenvalue weighted by Gasteiger charge is -2.38. The van der Waals surface area contributed by atoms with Gasteiger partial charge in [0.05, 0.1) is 5.56 Å². The molecule has 0 unspecified atom stereocenters. The highest BCUT2D eigenvalue weighted by Crippen LogP contribution is 2.27. The second-order valence-corrected chi connectivity index (χ2v) is 7.04. The molecular formula is C18H28N4. The van der Waals surface area contributed by atoms with Crippen LogP contribution in [0.5, 0.6) is 0 Å². The van der Waals surface area contributed by atoms with E-state index in [1.807, 2.05) is 13.0 Å². The third-order valence-corrected chi connectivity index (χ3v) is 5.62. The standard InChI is InChI=1S/C18H28N4/c1-14-17(12-19)11-18(20-14)13-21-9-5-16(6-10-21)15(2)22-7-3-4-8-22/h11,15-16,20H,3-10,13H2,1-2H3/t15-/m0/s1. The van der Waals surface area contributed by atoms with E-state index < -0.39 is 0 Å². The average molecular weight is 300 g/mol. The van der Waals surface area contributed by atoms with Crippen molar-refractivity contribution >= 4 is 0 Å². The number of nitrogens with zero attached hydrogens (tertiary/aromatic N) is 3. The summed E-state index contributed by atoms with van der Waals surface area (Å²) in [6, 6.07) is 5.01. The Morgan fingerprint density at radius 3 is 2.55 bits per heavy atom. The van der Waals surface area contributed by atoms with E-state index in [4.69, 9.17) is 5.26 Å². The smallest absolute Gasteiger partial charge is 0.101 e. The Morgan fingerprint density at radius 2 is 1.95 bits per heavy atom. The molecule has 120 valence electrons. The predicted molar refractivity (Wildman–Crippen MR) is 88.5 cm³/mol. The molecule has 1 N–H and O–H groups in total. The van der Waals surface area contributed by atoms with E-state index in [1.54, 1.807) is 0 Å². The Hall–Kier alpha value is -1.31. The number of hydrogen-bond acceptors (Lipinski definition) is 3. The molecule has 2 fully saturated rings. The molecule has 3 heterocycles. The predicted octanol–water partition coefficient (Wildman–Crippen LogP) is 2.89. The SMILES string of the molecule is Cc1[nH]c(CN2CCC([C@H](C)N3CCCC3)CC2)cc1C#N. The van der Waals surface area contributed by atoms with Crippen LogP contribution in [0.4, 0.5) is 0 Å². The highest BCUT2D eigenvalue weighted by Gasteiger charge is 2.29. The van der Waals surface area contributed by atoms with Crippen LogP contribution in [-0.2, 0) is 6.54 Å². The Labute approximate surface area is 134 Å². The van der Waals surface area contributed by atoms with E-state index in [9.17, 15) is 0 Å². The third-order valence-electron chi connectivity index (χ3n) is 5.62. The van der Waals surface area contributed by atoms with Gasteiger partial charge in [-0.25, -0.2) is 0 Å². The van der Waals surface area contributed by atoms with Crippen molar-refractivity contribution in [2.75, 3.05) is 26.2 Å². The molecule has 0 saturated carbocycles. The van der Waals surface area contributed by atoms with E-state index in [-0.39, 0.29) is 0 Å². The number of aromatic amines is 1. The lowest BCUT2D eigenvalue weighted by molar-refractivity contribution is 0.107. The van der Waals surface area contributed by atoms with E-state index >= 15 is 0 Å². The molecule has 1 aromatic rings. The lowest BCUT2D eigenvalue weighted by Crippen LogP contribution is -2.42. The third kappa shape index (κ3) is 3.37. The molecule has 1 aromatic heterocycles. The van der Waals surface area contributed by atoms with Gasteiger partial charge in [-0.05, 0) is 77.7 Å². The van der Waals surface area contributed by atoms with Gasteiger partial charge in [0, 0.05) is 24.0 Å². The Kier molecular flexibility index (Phi) is 4.85. The van der Waals surface area contributed by atoms with Crippen molar-refractivity contribution in [3.63, 3.8) is 0 Å². The monoisotopic (exact) mass is 300 g/mol. The van der Waals surface area contributed by atoms with Gasteiger partial charge in [0.1, 0.15) is 6.07 Å². The first-order valence-corrected chi connectivity index (χ1v) is 8.72. The Bertz CT molecular complexity index is 528. The maximum atomic E-state index is 9.05. The fraction of sp³-hybridized carbons (Fsp3) is 0.722. The van der Waals surface area contributed by atoms with Crippen LogP contribution in [0, 0.1) is 24.2 Å². The first-order valence-electron chi connectivity index (χ1n) is 8.72. The minimum atomic E-state index is 0.752. The molecule has 2 saturated heterocycles. The van der Waals surface area contributed by atoms with Gasteiger partial charge in [-0.3, -0.25) is 4.90 Å². The van der Waals surface area contributed by atoms with Crippen molar-refractivity contribution < 1.29 is 0 Å². The largest absolute Gasteiger partial charge is 0.360 e. The van der Waals surface area contributed by atoms with Gasteiger partial charge >= 0.3 is 0 Å². The molecule has 1 atom stereocenters. The van der Waals surface area contributed by atoms with E-state index in [0.717, 1.165) is 29.8 Å². The van der Waals surface area contributed by atoms with Crippen LogP contribution in [0.2, 0.25) is 0 Å². The summed E-state index contributed by atoms with van der Waals surface area (Å²) in [5, 5.41) is 9.05. The van der Waals surface area contributed by atoms with Crippen molar-refractivity contribution in [1.29, 1.82) is 5.26 Å². The summed E-state index contributed by atoms with van der Waals surface area (Å²) in [5.41, 5.74) is 2.96. The van der Waals surface area contributed by atoms with Crippen LogP contribution >= 0.6 is 0 Å². The number of nitriles is 1. The summed E-state index contributed by atoms with van der Waals surface area (Å²) in [7, 11) is 0. The zero-order valence-electron chi connectivity index (χ0n) is 13.9. The van der Waals surface area contributed by atoms with Gasteiger partial charge in [0.25, 0.3) is 0 Å². The molecule has 0 aliphatic carbocycles. The summed E-state index contributed by atoms with van der Waals surface area (Å²) in [6.45, 7) is 10.3. The number of H-pyrrole nitrogens is 1. The second kappa shape index (κ2) is 6.85. The summed E-state index contributed by atoms with van der Waals surface area (Å²) in [6.07, 6.45) is 5.39. The molecule has 0 aromatic carbocycles. The highest BCUT2D eigenvalue weighted by atomic mass is 15.2. The molecule has 2 aliphatic heterocycles. The Morgan fingerprint density at radius 1 is 1.27 bits per heavy atom. The maximum absolute atomic E-state index is 9.05. The van der Waals surface area contributed by atoms with Crippen molar-refractivity contribution in [2.24, 2.45) is 5.92 Å². The normalized spacial score (nSPS) is 22.8. The molecule has 2 aliphatic rings. The number of hydrogen-bond donors (Lipinski definition) is 1. The molecule has 3 rings (SSSR count). The summed E-state index contributed by atoms with van der Waals surface area (Å²) in [5.74, 6) is 0.856. The number of nitrogens with one attached hydrogen (secondary N) is 1. The fourth-order valence-electron chi connectivity index (χ4n) is 4.11.